The summed E-state index contributed by atoms with van der Waals surface area (Å²) in [7, 11) is 0. The Morgan fingerprint density at radius 1 is 1.53 bits per heavy atom. The molecule has 2 aromatic rings. The minimum absolute atomic E-state index is 0.454. The Bertz CT molecular complexity index is 513. The fourth-order valence-electron chi connectivity index (χ4n) is 1.03. The lowest BCUT2D eigenvalue weighted by molar-refractivity contribution is 1.14. The SMILES string of the molecule is Cc1csc(Sc2cccnc2C#N)n1. The van der Waals surface area contributed by atoms with Gasteiger partial charge in [0.1, 0.15) is 6.07 Å². The summed E-state index contributed by atoms with van der Waals surface area (Å²) < 4.78 is 0.942. The monoisotopic (exact) mass is 233 g/mol. The highest BCUT2D eigenvalue weighted by Crippen LogP contribution is 2.31. The third kappa shape index (κ3) is 2.35. The summed E-state index contributed by atoms with van der Waals surface area (Å²) in [5.74, 6) is 0. The molecule has 2 heterocycles. The van der Waals surface area contributed by atoms with E-state index in [9.17, 15) is 0 Å². The fourth-order valence-corrected chi connectivity index (χ4v) is 2.88. The minimum Gasteiger partial charge on any atom is -0.244 e. The smallest absolute Gasteiger partial charge is 0.154 e. The van der Waals surface area contributed by atoms with Gasteiger partial charge < -0.3 is 0 Å². The van der Waals surface area contributed by atoms with Gasteiger partial charge in [-0.2, -0.15) is 5.26 Å². The van der Waals surface area contributed by atoms with E-state index in [2.05, 4.69) is 16.0 Å². The molecule has 0 aliphatic carbocycles. The molecule has 0 atom stereocenters. The number of nitriles is 1. The van der Waals surface area contributed by atoms with Gasteiger partial charge >= 0.3 is 0 Å². The molecule has 0 fully saturated rings. The molecule has 0 unspecified atom stereocenters. The summed E-state index contributed by atoms with van der Waals surface area (Å²) in [6, 6.07) is 5.77. The molecule has 0 amide bonds. The van der Waals surface area contributed by atoms with Gasteiger partial charge in [0.2, 0.25) is 0 Å². The molecule has 0 aromatic carbocycles. The molecule has 5 heteroatoms. The molecule has 0 saturated heterocycles. The molecule has 0 aliphatic heterocycles. The lowest BCUT2D eigenvalue weighted by Crippen LogP contribution is -1.84. The number of aromatic nitrogens is 2. The first-order valence-corrected chi connectivity index (χ1v) is 5.94. The van der Waals surface area contributed by atoms with Crippen molar-refractivity contribution >= 4 is 23.1 Å². The summed E-state index contributed by atoms with van der Waals surface area (Å²) in [6.07, 6.45) is 1.62. The molecule has 0 bridgehead atoms. The summed E-state index contributed by atoms with van der Waals surface area (Å²) in [5.41, 5.74) is 1.46. The van der Waals surface area contributed by atoms with Crippen LogP contribution in [0.2, 0.25) is 0 Å². The van der Waals surface area contributed by atoms with Gasteiger partial charge in [0.25, 0.3) is 0 Å². The third-order valence-electron chi connectivity index (χ3n) is 1.67. The molecular weight excluding hydrogens is 226 g/mol. The van der Waals surface area contributed by atoms with Crippen molar-refractivity contribution in [2.45, 2.75) is 16.2 Å². The predicted octanol–water partition coefficient (Wildman–Crippen LogP) is 2.87. The van der Waals surface area contributed by atoms with Crippen LogP contribution in [-0.4, -0.2) is 9.97 Å². The van der Waals surface area contributed by atoms with Crippen LogP contribution in [0.15, 0.2) is 32.9 Å². The number of hydrogen-bond donors (Lipinski definition) is 0. The maximum atomic E-state index is 8.86. The molecule has 15 heavy (non-hydrogen) atoms. The van der Waals surface area contributed by atoms with Crippen LogP contribution >= 0.6 is 23.1 Å². The topological polar surface area (TPSA) is 49.6 Å². The van der Waals surface area contributed by atoms with Crippen molar-refractivity contribution in [3.8, 4) is 6.07 Å². The summed E-state index contributed by atoms with van der Waals surface area (Å²) in [4.78, 5) is 9.18. The van der Waals surface area contributed by atoms with Crippen LogP contribution in [0.25, 0.3) is 0 Å². The second-order valence-electron chi connectivity index (χ2n) is 2.82. The van der Waals surface area contributed by atoms with Crippen LogP contribution in [-0.2, 0) is 0 Å². The Morgan fingerprint density at radius 2 is 2.40 bits per heavy atom. The van der Waals surface area contributed by atoms with Gasteiger partial charge in [-0.05, 0) is 19.1 Å². The number of aryl methyl sites for hydroxylation is 1. The third-order valence-corrected chi connectivity index (χ3v) is 3.78. The van der Waals surface area contributed by atoms with Crippen LogP contribution in [0.3, 0.4) is 0 Å². The van der Waals surface area contributed by atoms with E-state index >= 15 is 0 Å². The number of rotatable bonds is 2. The predicted molar refractivity (Wildman–Crippen MR) is 59.9 cm³/mol. The first-order chi connectivity index (χ1) is 7.29. The Kier molecular flexibility index (Phi) is 2.99. The molecule has 0 N–H and O–H groups in total. The highest BCUT2D eigenvalue weighted by Gasteiger charge is 2.06. The van der Waals surface area contributed by atoms with Crippen molar-refractivity contribution in [3.05, 3.63) is 35.1 Å². The molecule has 0 aliphatic rings. The van der Waals surface area contributed by atoms with Crippen molar-refractivity contribution in [2.75, 3.05) is 0 Å². The van der Waals surface area contributed by atoms with Crippen LogP contribution in [0.4, 0.5) is 0 Å². The highest BCUT2D eigenvalue weighted by molar-refractivity contribution is 8.01. The molecule has 0 spiro atoms. The average molecular weight is 233 g/mol. The standard InChI is InChI=1S/C10H7N3S2/c1-7-6-14-10(13-7)15-9-3-2-4-12-8(9)5-11/h2-4,6H,1H3. The lowest BCUT2D eigenvalue weighted by Gasteiger charge is -1.98. The van der Waals surface area contributed by atoms with Crippen LogP contribution in [0.5, 0.6) is 0 Å². The second-order valence-corrected chi connectivity index (χ2v) is 4.97. The summed E-state index contributed by atoms with van der Waals surface area (Å²) in [6.45, 7) is 1.95. The zero-order chi connectivity index (χ0) is 10.7. The van der Waals surface area contributed by atoms with E-state index in [4.69, 9.17) is 5.26 Å². The van der Waals surface area contributed by atoms with E-state index in [-0.39, 0.29) is 0 Å². The van der Waals surface area contributed by atoms with Crippen molar-refractivity contribution in [1.82, 2.24) is 9.97 Å². The van der Waals surface area contributed by atoms with Gasteiger partial charge in [0.15, 0.2) is 10.0 Å². The molecule has 0 saturated carbocycles. The number of pyridine rings is 1. The second kappa shape index (κ2) is 4.43. The van der Waals surface area contributed by atoms with Crippen molar-refractivity contribution < 1.29 is 0 Å². The lowest BCUT2D eigenvalue weighted by atomic mass is 10.4. The van der Waals surface area contributed by atoms with Gasteiger partial charge in [-0.15, -0.1) is 11.3 Å². The zero-order valence-electron chi connectivity index (χ0n) is 7.97. The average Bonchev–Trinajstić information content (AvgIpc) is 2.65. The van der Waals surface area contributed by atoms with Gasteiger partial charge in [-0.25, -0.2) is 9.97 Å². The zero-order valence-corrected chi connectivity index (χ0v) is 9.60. The van der Waals surface area contributed by atoms with Crippen molar-refractivity contribution in [2.24, 2.45) is 0 Å². The molecule has 2 aromatic heterocycles. The fraction of sp³-hybridized carbons (Fsp3) is 0.100. The molecule has 3 nitrogen and oxygen atoms in total. The van der Waals surface area contributed by atoms with E-state index in [0.717, 1.165) is 14.9 Å². The van der Waals surface area contributed by atoms with E-state index in [1.165, 1.54) is 11.8 Å². The minimum atomic E-state index is 0.454. The van der Waals surface area contributed by atoms with E-state index in [1.54, 1.807) is 17.5 Å². The van der Waals surface area contributed by atoms with E-state index in [1.807, 2.05) is 24.4 Å². The Labute approximate surface area is 95.8 Å². The molecule has 0 radical (unpaired) electrons. The maximum absolute atomic E-state index is 8.86. The van der Waals surface area contributed by atoms with E-state index < -0.39 is 0 Å². The molecular formula is C10H7N3S2. The van der Waals surface area contributed by atoms with E-state index in [0.29, 0.717) is 5.69 Å². The maximum Gasteiger partial charge on any atom is 0.154 e. The van der Waals surface area contributed by atoms with Crippen LogP contribution in [0.1, 0.15) is 11.4 Å². The first kappa shape index (κ1) is 10.1. The van der Waals surface area contributed by atoms with Gasteiger partial charge in [0.05, 0.1) is 4.90 Å². The van der Waals surface area contributed by atoms with Crippen LogP contribution in [0, 0.1) is 18.3 Å². The Balaban J connectivity index is 2.28. The Hall–Kier alpha value is -1.38. The number of hydrogen-bond acceptors (Lipinski definition) is 5. The van der Waals surface area contributed by atoms with Gasteiger partial charge in [-0.3, -0.25) is 0 Å². The Morgan fingerprint density at radius 3 is 3.07 bits per heavy atom. The highest BCUT2D eigenvalue weighted by atomic mass is 32.2. The summed E-state index contributed by atoms with van der Waals surface area (Å²) >= 11 is 3.06. The van der Waals surface area contributed by atoms with Gasteiger partial charge in [0, 0.05) is 17.3 Å². The number of thiazole rings is 1. The largest absolute Gasteiger partial charge is 0.244 e. The summed E-state index contributed by atoms with van der Waals surface area (Å²) in [5, 5.41) is 10.8. The quantitative estimate of drug-likeness (QED) is 0.800. The van der Waals surface area contributed by atoms with Crippen molar-refractivity contribution in [3.63, 3.8) is 0 Å². The van der Waals surface area contributed by atoms with Gasteiger partial charge in [-0.1, -0.05) is 11.8 Å². The van der Waals surface area contributed by atoms with Crippen LogP contribution < -0.4 is 0 Å². The van der Waals surface area contributed by atoms with Crippen molar-refractivity contribution in [1.29, 1.82) is 5.26 Å². The molecule has 2 rings (SSSR count). The number of nitrogens with zero attached hydrogens (tertiary/aromatic N) is 3. The first-order valence-electron chi connectivity index (χ1n) is 4.24. The molecule has 74 valence electrons. The normalized spacial score (nSPS) is 9.87.